The Kier molecular flexibility index (Phi) is 5.70. The molecule has 0 bridgehead atoms. The molecule has 1 atom stereocenters. The van der Waals surface area contributed by atoms with Gasteiger partial charge in [-0.05, 0) is 73.7 Å². The minimum absolute atomic E-state index is 0.0282. The van der Waals surface area contributed by atoms with Crippen LogP contribution in [0.5, 0.6) is 0 Å². The van der Waals surface area contributed by atoms with Crippen molar-refractivity contribution in [1.29, 1.82) is 0 Å². The van der Waals surface area contributed by atoms with Gasteiger partial charge in [0, 0.05) is 18.2 Å². The van der Waals surface area contributed by atoms with Crippen LogP contribution in [-0.4, -0.2) is 10.8 Å². The molecule has 5 heteroatoms. The lowest BCUT2D eigenvalue weighted by molar-refractivity contribution is -0.384. The fourth-order valence-electron chi connectivity index (χ4n) is 2.67. The van der Waals surface area contributed by atoms with Crippen molar-refractivity contribution in [3.8, 4) is 0 Å². The van der Waals surface area contributed by atoms with E-state index < -0.39 is 4.92 Å². The monoisotopic (exact) mass is 338 g/mol. The van der Waals surface area contributed by atoms with Crippen LogP contribution < -0.4 is 5.32 Å². The van der Waals surface area contributed by atoms with Crippen molar-refractivity contribution in [2.45, 2.75) is 33.7 Å². The highest BCUT2D eigenvalue weighted by Crippen LogP contribution is 2.21. The highest BCUT2D eigenvalue weighted by Gasteiger charge is 2.11. The zero-order chi connectivity index (χ0) is 18.6. The third-order valence-corrected chi connectivity index (χ3v) is 4.24. The number of aryl methyl sites for hydroxylation is 3. The molecule has 0 saturated heterocycles. The van der Waals surface area contributed by atoms with Crippen molar-refractivity contribution in [3.05, 3.63) is 80.4 Å². The molecule has 0 fully saturated rings. The maximum atomic E-state index is 12.1. The van der Waals surface area contributed by atoms with Crippen LogP contribution in [0.2, 0.25) is 0 Å². The van der Waals surface area contributed by atoms with E-state index in [9.17, 15) is 14.9 Å². The maximum Gasteiger partial charge on any atom is 0.269 e. The summed E-state index contributed by atoms with van der Waals surface area (Å²) < 4.78 is 0. The van der Waals surface area contributed by atoms with E-state index in [1.165, 1.54) is 29.3 Å². The number of hydrogen-bond acceptors (Lipinski definition) is 3. The van der Waals surface area contributed by atoms with Gasteiger partial charge in [-0.2, -0.15) is 0 Å². The van der Waals surface area contributed by atoms with Crippen LogP contribution >= 0.6 is 0 Å². The van der Waals surface area contributed by atoms with Crippen LogP contribution in [0.15, 0.2) is 42.5 Å². The second-order valence-electron chi connectivity index (χ2n) is 6.21. The Hall–Kier alpha value is -2.95. The molecule has 0 unspecified atom stereocenters. The normalized spacial score (nSPS) is 12.2. The Morgan fingerprint density at radius 3 is 2.28 bits per heavy atom. The molecule has 0 heterocycles. The molecule has 0 aliphatic carbocycles. The first kappa shape index (κ1) is 18.4. The summed E-state index contributed by atoms with van der Waals surface area (Å²) in [7, 11) is 0. The summed E-state index contributed by atoms with van der Waals surface area (Å²) >= 11 is 0. The molecule has 0 spiro atoms. The highest BCUT2D eigenvalue weighted by molar-refractivity contribution is 5.92. The zero-order valence-corrected chi connectivity index (χ0v) is 14.9. The average Bonchev–Trinajstić information content (AvgIpc) is 2.56. The topological polar surface area (TPSA) is 72.2 Å². The summed E-state index contributed by atoms with van der Waals surface area (Å²) in [6.45, 7) is 8.12. The van der Waals surface area contributed by atoms with E-state index in [1.54, 1.807) is 18.2 Å². The molecule has 0 saturated carbocycles. The third-order valence-electron chi connectivity index (χ3n) is 4.24. The number of carbonyl (C=O) groups excluding carboxylic acids is 1. The van der Waals surface area contributed by atoms with E-state index in [0.717, 1.165) is 16.7 Å². The predicted molar refractivity (Wildman–Crippen MR) is 99.3 cm³/mol. The van der Waals surface area contributed by atoms with Crippen molar-refractivity contribution in [3.63, 3.8) is 0 Å². The number of hydrogen-bond donors (Lipinski definition) is 1. The van der Waals surface area contributed by atoms with E-state index in [1.807, 2.05) is 13.8 Å². The van der Waals surface area contributed by atoms with Gasteiger partial charge in [-0.1, -0.05) is 12.1 Å². The summed E-state index contributed by atoms with van der Waals surface area (Å²) in [5, 5.41) is 13.6. The number of nitrogens with one attached hydrogen (secondary N) is 1. The van der Waals surface area contributed by atoms with Crippen LogP contribution in [0.1, 0.15) is 40.8 Å². The molecule has 2 aromatic rings. The Labute approximate surface area is 147 Å². The van der Waals surface area contributed by atoms with Gasteiger partial charge in [-0.15, -0.1) is 0 Å². The highest BCUT2D eigenvalue weighted by atomic mass is 16.6. The number of nitrogens with zero attached hydrogens (tertiary/aromatic N) is 1. The van der Waals surface area contributed by atoms with Crippen molar-refractivity contribution < 1.29 is 9.72 Å². The first-order valence-electron chi connectivity index (χ1n) is 8.08. The molecule has 2 rings (SSSR count). The van der Waals surface area contributed by atoms with Crippen LogP contribution in [0, 0.1) is 30.9 Å². The third kappa shape index (κ3) is 4.76. The van der Waals surface area contributed by atoms with Crippen molar-refractivity contribution in [2.24, 2.45) is 0 Å². The molecular formula is C20H22N2O3. The summed E-state index contributed by atoms with van der Waals surface area (Å²) in [4.78, 5) is 22.3. The first-order valence-corrected chi connectivity index (χ1v) is 8.08. The van der Waals surface area contributed by atoms with E-state index in [4.69, 9.17) is 0 Å². The van der Waals surface area contributed by atoms with Gasteiger partial charge in [0.2, 0.25) is 5.91 Å². The van der Waals surface area contributed by atoms with E-state index in [2.05, 4.69) is 31.3 Å². The summed E-state index contributed by atoms with van der Waals surface area (Å²) in [6, 6.07) is 10.2. The standard InChI is InChI=1S/C20H22N2O3/c1-13-11-15(3)19(12-14(13)2)16(4)21-20(23)10-7-17-5-8-18(9-6-17)22(24)25/h5-12,16H,1-4H3,(H,21,23)/b10-7+/t16-/m0/s1. The number of nitro benzene ring substituents is 1. The van der Waals surface area contributed by atoms with E-state index in [0.29, 0.717) is 0 Å². The minimum atomic E-state index is -0.451. The Bertz CT molecular complexity index is 824. The molecule has 0 aromatic heterocycles. The van der Waals surface area contributed by atoms with Crippen LogP contribution in [0.3, 0.4) is 0 Å². The first-order chi connectivity index (χ1) is 11.8. The Morgan fingerprint density at radius 2 is 1.68 bits per heavy atom. The lowest BCUT2D eigenvalue weighted by Crippen LogP contribution is -2.25. The average molecular weight is 338 g/mol. The van der Waals surface area contributed by atoms with Crippen LogP contribution in [0.25, 0.3) is 6.08 Å². The fraction of sp³-hybridized carbons (Fsp3) is 0.250. The smallest absolute Gasteiger partial charge is 0.269 e. The summed E-state index contributed by atoms with van der Waals surface area (Å²) in [6.07, 6.45) is 3.08. The van der Waals surface area contributed by atoms with Gasteiger partial charge < -0.3 is 5.32 Å². The molecule has 2 aromatic carbocycles. The number of benzene rings is 2. The largest absolute Gasteiger partial charge is 0.346 e. The maximum absolute atomic E-state index is 12.1. The molecule has 5 nitrogen and oxygen atoms in total. The summed E-state index contributed by atoms with van der Waals surface area (Å²) in [5.41, 5.74) is 5.44. The molecule has 0 aliphatic rings. The predicted octanol–water partition coefficient (Wildman–Crippen LogP) is 4.41. The number of carbonyl (C=O) groups is 1. The van der Waals surface area contributed by atoms with Crippen molar-refractivity contribution >= 4 is 17.7 Å². The number of rotatable bonds is 5. The molecule has 1 amide bonds. The second-order valence-corrected chi connectivity index (χ2v) is 6.21. The SMILES string of the molecule is Cc1cc(C)c([C@H](C)NC(=O)/C=C/c2ccc([N+](=O)[O-])cc2)cc1C. The van der Waals surface area contributed by atoms with Gasteiger partial charge in [-0.3, -0.25) is 14.9 Å². The molecule has 0 radical (unpaired) electrons. The lowest BCUT2D eigenvalue weighted by atomic mass is 9.96. The van der Waals surface area contributed by atoms with Gasteiger partial charge in [0.15, 0.2) is 0 Å². The zero-order valence-electron chi connectivity index (χ0n) is 14.9. The van der Waals surface area contributed by atoms with Gasteiger partial charge in [0.1, 0.15) is 0 Å². The van der Waals surface area contributed by atoms with E-state index in [-0.39, 0.29) is 17.6 Å². The summed E-state index contributed by atoms with van der Waals surface area (Å²) in [5.74, 6) is -0.205. The number of nitro groups is 1. The second kappa shape index (κ2) is 7.75. The molecule has 0 aliphatic heterocycles. The molecule has 25 heavy (non-hydrogen) atoms. The molecule has 130 valence electrons. The van der Waals surface area contributed by atoms with Crippen LogP contribution in [-0.2, 0) is 4.79 Å². The lowest BCUT2D eigenvalue weighted by Gasteiger charge is -2.17. The quantitative estimate of drug-likeness (QED) is 0.498. The van der Waals surface area contributed by atoms with Gasteiger partial charge in [0.05, 0.1) is 11.0 Å². The van der Waals surface area contributed by atoms with Crippen LogP contribution in [0.4, 0.5) is 5.69 Å². The van der Waals surface area contributed by atoms with Crippen molar-refractivity contribution in [1.82, 2.24) is 5.32 Å². The number of amides is 1. The van der Waals surface area contributed by atoms with Gasteiger partial charge in [-0.25, -0.2) is 0 Å². The fourth-order valence-corrected chi connectivity index (χ4v) is 2.67. The van der Waals surface area contributed by atoms with Crippen molar-refractivity contribution in [2.75, 3.05) is 0 Å². The molecule has 1 N–H and O–H groups in total. The number of non-ortho nitro benzene ring substituents is 1. The Morgan fingerprint density at radius 1 is 1.08 bits per heavy atom. The Balaban J connectivity index is 2.04. The van der Waals surface area contributed by atoms with E-state index >= 15 is 0 Å². The van der Waals surface area contributed by atoms with Gasteiger partial charge in [0.25, 0.3) is 5.69 Å². The molecular weight excluding hydrogens is 316 g/mol. The van der Waals surface area contributed by atoms with Gasteiger partial charge >= 0.3 is 0 Å². The minimum Gasteiger partial charge on any atom is -0.346 e.